The number of rotatable bonds is 6. The number of hydrogen-bond donors (Lipinski definition) is 6. The molecular formula is C22H27N3O8. The van der Waals surface area contributed by atoms with E-state index in [1.807, 2.05) is 13.0 Å². The highest BCUT2D eigenvalue weighted by Gasteiger charge is 2.23. The van der Waals surface area contributed by atoms with Crippen molar-refractivity contribution < 1.29 is 34.8 Å². The lowest BCUT2D eigenvalue weighted by Gasteiger charge is -2.16. The minimum atomic E-state index is -1.20. The fourth-order valence-corrected chi connectivity index (χ4v) is 2.77. The van der Waals surface area contributed by atoms with E-state index in [9.17, 15) is 14.4 Å². The maximum atomic E-state index is 11.4. The molecule has 0 unspecified atom stereocenters. The number of aryl methyl sites for hydroxylation is 1. The maximum absolute atomic E-state index is 11.4. The van der Waals surface area contributed by atoms with Crippen molar-refractivity contribution in [2.75, 3.05) is 12.3 Å². The molecule has 0 saturated carbocycles. The minimum absolute atomic E-state index is 0. The van der Waals surface area contributed by atoms with Crippen LogP contribution in [0.5, 0.6) is 5.75 Å². The first kappa shape index (κ1) is 27.1. The molecule has 0 aliphatic rings. The third-order valence-electron chi connectivity index (χ3n) is 4.50. The standard InChI is InChI=1S/C12H16N2O5.C10H9NO2.H2O/c13-9(6-15)11(17)14-10(12(18)19)5-7-1-3-8(16)4-2-7;1-6-4-10(12)13-9-5-7(11)2-3-8(6)9;/h1-4,9-10,15-16H,5-6,13H2,(H,14,17)(H,18,19);2-5H,11H2,1H3;1H2/t9-,10-;;/m0../s1. The first-order valence-electron chi connectivity index (χ1n) is 9.58. The SMILES string of the molecule is Cc1cc(=O)oc2cc(N)ccc12.N[C@@H](CO)C(=O)N[C@@H](Cc1ccc(O)cc1)C(=O)O.O. The van der Waals surface area contributed by atoms with Crippen molar-refractivity contribution >= 4 is 28.5 Å². The van der Waals surface area contributed by atoms with E-state index in [1.54, 1.807) is 24.3 Å². The Kier molecular flexibility index (Phi) is 10.0. The first-order chi connectivity index (χ1) is 15.1. The van der Waals surface area contributed by atoms with Gasteiger partial charge < -0.3 is 42.0 Å². The summed E-state index contributed by atoms with van der Waals surface area (Å²) in [5.74, 6) is -1.86. The van der Waals surface area contributed by atoms with Gasteiger partial charge in [0.1, 0.15) is 23.4 Å². The molecule has 1 aromatic heterocycles. The van der Waals surface area contributed by atoms with Gasteiger partial charge in [-0.1, -0.05) is 12.1 Å². The molecule has 3 rings (SSSR count). The van der Waals surface area contributed by atoms with Crippen LogP contribution in [-0.4, -0.2) is 51.4 Å². The number of fused-ring (bicyclic) bond motifs is 1. The third kappa shape index (κ3) is 7.92. The molecule has 0 aliphatic heterocycles. The van der Waals surface area contributed by atoms with E-state index in [-0.39, 0.29) is 23.3 Å². The smallest absolute Gasteiger partial charge is 0.336 e. The zero-order valence-electron chi connectivity index (χ0n) is 17.8. The Morgan fingerprint density at radius 1 is 1.12 bits per heavy atom. The number of aromatic hydroxyl groups is 1. The van der Waals surface area contributed by atoms with Gasteiger partial charge in [-0.2, -0.15) is 0 Å². The van der Waals surface area contributed by atoms with Gasteiger partial charge in [-0.15, -0.1) is 0 Å². The average molecular weight is 461 g/mol. The molecule has 2 atom stereocenters. The normalized spacial score (nSPS) is 12.0. The zero-order chi connectivity index (χ0) is 23.8. The highest BCUT2D eigenvalue weighted by molar-refractivity contribution is 5.87. The molecule has 1 amide bonds. The van der Waals surface area contributed by atoms with Crippen LogP contribution in [0.25, 0.3) is 11.0 Å². The van der Waals surface area contributed by atoms with Gasteiger partial charge in [-0.05, 0) is 42.3 Å². The molecule has 0 fully saturated rings. The van der Waals surface area contributed by atoms with Crippen molar-refractivity contribution in [2.24, 2.45) is 5.73 Å². The number of nitrogens with two attached hydrogens (primary N) is 2. The number of benzene rings is 2. The molecule has 0 aliphatic carbocycles. The van der Waals surface area contributed by atoms with E-state index >= 15 is 0 Å². The van der Waals surface area contributed by atoms with E-state index in [0.29, 0.717) is 16.8 Å². The Hall–Kier alpha value is -3.93. The molecule has 0 saturated heterocycles. The number of nitrogens with one attached hydrogen (secondary N) is 1. The molecular weight excluding hydrogens is 434 g/mol. The van der Waals surface area contributed by atoms with Gasteiger partial charge in [0.05, 0.1) is 6.61 Å². The molecule has 3 aromatic rings. The second-order valence-corrected chi connectivity index (χ2v) is 7.06. The van der Waals surface area contributed by atoms with Crippen molar-refractivity contribution in [1.29, 1.82) is 0 Å². The Bertz CT molecular complexity index is 1140. The van der Waals surface area contributed by atoms with Crippen LogP contribution in [0.15, 0.2) is 57.7 Å². The topological polar surface area (TPSA) is 221 Å². The zero-order valence-corrected chi connectivity index (χ0v) is 17.8. The number of anilines is 1. The van der Waals surface area contributed by atoms with Crippen molar-refractivity contribution in [3.8, 4) is 5.75 Å². The Morgan fingerprint density at radius 2 is 1.76 bits per heavy atom. The van der Waals surface area contributed by atoms with Gasteiger partial charge in [0.15, 0.2) is 0 Å². The summed E-state index contributed by atoms with van der Waals surface area (Å²) >= 11 is 0. The summed E-state index contributed by atoms with van der Waals surface area (Å²) in [4.78, 5) is 33.5. The number of phenolic OH excluding ortho intramolecular Hbond substituents is 1. The summed E-state index contributed by atoms with van der Waals surface area (Å²) in [5, 5.41) is 30.0. The number of hydrogen-bond acceptors (Lipinski definition) is 8. The predicted molar refractivity (Wildman–Crippen MR) is 122 cm³/mol. The molecule has 33 heavy (non-hydrogen) atoms. The number of carboxylic acid groups (broad SMARTS) is 1. The highest BCUT2D eigenvalue weighted by atomic mass is 16.4. The van der Waals surface area contributed by atoms with Crippen LogP contribution in [0, 0.1) is 6.92 Å². The maximum Gasteiger partial charge on any atom is 0.336 e. The van der Waals surface area contributed by atoms with Crippen LogP contribution in [0.4, 0.5) is 5.69 Å². The average Bonchev–Trinajstić information content (AvgIpc) is 2.73. The number of carbonyl (C=O) groups is 2. The van der Waals surface area contributed by atoms with Crippen molar-refractivity contribution in [2.45, 2.75) is 25.4 Å². The Morgan fingerprint density at radius 3 is 2.33 bits per heavy atom. The number of nitrogen functional groups attached to an aromatic ring is 1. The summed E-state index contributed by atoms with van der Waals surface area (Å²) in [6, 6.07) is 10.4. The molecule has 11 nitrogen and oxygen atoms in total. The molecule has 2 aromatic carbocycles. The quantitative estimate of drug-likeness (QED) is 0.209. The number of carbonyl (C=O) groups excluding carboxylic acids is 1. The van der Waals surface area contributed by atoms with Crippen molar-refractivity contribution in [1.82, 2.24) is 5.32 Å². The monoisotopic (exact) mass is 461 g/mol. The number of carboxylic acids is 1. The van der Waals surface area contributed by atoms with Crippen LogP contribution < -0.4 is 22.4 Å². The van der Waals surface area contributed by atoms with Gasteiger partial charge in [0.2, 0.25) is 5.91 Å². The van der Waals surface area contributed by atoms with Gasteiger partial charge in [-0.3, -0.25) is 4.79 Å². The lowest BCUT2D eigenvalue weighted by molar-refractivity contribution is -0.142. The van der Waals surface area contributed by atoms with Crippen molar-refractivity contribution in [3.05, 3.63) is 70.1 Å². The second-order valence-electron chi connectivity index (χ2n) is 7.06. The largest absolute Gasteiger partial charge is 0.508 e. The molecule has 11 heteroatoms. The highest BCUT2D eigenvalue weighted by Crippen LogP contribution is 2.18. The van der Waals surface area contributed by atoms with E-state index in [0.717, 1.165) is 10.9 Å². The van der Waals surface area contributed by atoms with E-state index < -0.39 is 30.6 Å². The van der Waals surface area contributed by atoms with Crippen LogP contribution in [0.3, 0.4) is 0 Å². The van der Waals surface area contributed by atoms with Gasteiger partial charge in [-0.25, -0.2) is 9.59 Å². The van der Waals surface area contributed by atoms with Crippen molar-refractivity contribution in [3.63, 3.8) is 0 Å². The summed E-state index contributed by atoms with van der Waals surface area (Å²) in [6.07, 6.45) is 0.0551. The van der Waals surface area contributed by atoms with Crippen LogP contribution in [0.1, 0.15) is 11.1 Å². The molecule has 10 N–H and O–H groups in total. The first-order valence-corrected chi connectivity index (χ1v) is 9.58. The Balaban J connectivity index is 0.000000339. The Labute approximate surface area is 188 Å². The molecule has 178 valence electrons. The second kappa shape index (κ2) is 12.2. The summed E-state index contributed by atoms with van der Waals surface area (Å²) in [6.45, 7) is 1.31. The van der Waals surface area contributed by atoms with Crippen LogP contribution >= 0.6 is 0 Å². The number of aliphatic hydroxyl groups excluding tert-OH is 1. The minimum Gasteiger partial charge on any atom is -0.508 e. The fourth-order valence-electron chi connectivity index (χ4n) is 2.77. The summed E-state index contributed by atoms with van der Waals surface area (Å²) in [7, 11) is 0. The number of aliphatic hydroxyl groups is 1. The number of phenols is 1. The summed E-state index contributed by atoms with van der Waals surface area (Å²) in [5.41, 5.74) is 13.2. The molecule has 0 radical (unpaired) electrons. The van der Waals surface area contributed by atoms with Crippen LogP contribution in [0.2, 0.25) is 0 Å². The van der Waals surface area contributed by atoms with E-state index in [2.05, 4.69) is 5.32 Å². The van der Waals surface area contributed by atoms with E-state index in [4.69, 9.17) is 31.2 Å². The van der Waals surface area contributed by atoms with Crippen LogP contribution in [-0.2, 0) is 16.0 Å². The number of amides is 1. The third-order valence-corrected chi connectivity index (χ3v) is 4.50. The lowest BCUT2D eigenvalue weighted by atomic mass is 10.1. The molecule has 0 bridgehead atoms. The fraction of sp³-hybridized carbons (Fsp3) is 0.227. The molecule has 1 heterocycles. The van der Waals surface area contributed by atoms with E-state index in [1.165, 1.54) is 18.2 Å². The lowest BCUT2D eigenvalue weighted by Crippen LogP contribution is -2.50. The summed E-state index contributed by atoms with van der Waals surface area (Å²) < 4.78 is 4.99. The molecule has 0 spiro atoms. The van der Waals surface area contributed by atoms with Gasteiger partial charge in [0.25, 0.3) is 0 Å². The number of aliphatic carboxylic acids is 1. The predicted octanol–water partition coefficient (Wildman–Crippen LogP) is -0.317. The van der Waals surface area contributed by atoms with Gasteiger partial charge in [0, 0.05) is 29.6 Å². The van der Waals surface area contributed by atoms with Gasteiger partial charge >= 0.3 is 11.6 Å².